The van der Waals surface area contributed by atoms with Crippen molar-refractivity contribution in [1.82, 2.24) is 4.98 Å². The lowest BCUT2D eigenvalue weighted by Crippen LogP contribution is -2.25. The topological polar surface area (TPSA) is 57.4 Å². The Hall–Kier alpha value is -1.13. The Balaban J connectivity index is 2.42. The molecule has 17 heavy (non-hydrogen) atoms. The van der Waals surface area contributed by atoms with Crippen LogP contribution in [0.25, 0.3) is 0 Å². The first-order valence-corrected chi connectivity index (χ1v) is 5.84. The summed E-state index contributed by atoms with van der Waals surface area (Å²) < 4.78 is 10.9. The van der Waals surface area contributed by atoms with Gasteiger partial charge >= 0.3 is 0 Å². The Morgan fingerprint density at radius 3 is 2.59 bits per heavy atom. The second kappa shape index (κ2) is 5.98. The van der Waals surface area contributed by atoms with Gasteiger partial charge in [-0.3, -0.25) is 4.98 Å². The Bertz CT molecular complexity index is 334. The van der Waals surface area contributed by atoms with E-state index in [4.69, 9.17) is 15.2 Å². The maximum atomic E-state index is 5.72. The van der Waals surface area contributed by atoms with E-state index in [9.17, 15) is 0 Å². The summed E-state index contributed by atoms with van der Waals surface area (Å²) in [4.78, 5) is 4.23. The van der Waals surface area contributed by atoms with Crippen LogP contribution < -0.4 is 10.5 Å². The summed E-state index contributed by atoms with van der Waals surface area (Å²) in [6.07, 6.45) is 2.54. The number of nitrogens with zero attached hydrogens (tertiary/aromatic N) is 1. The van der Waals surface area contributed by atoms with E-state index in [1.807, 2.05) is 32.9 Å². The fourth-order valence-corrected chi connectivity index (χ4v) is 1.26. The SMILES string of the molecule is COC(C)(C)CCOc1ccc([C@@H](C)N)nc1. The average Bonchev–Trinajstić information content (AvgIpc) is 2.29. The largest absolute Gasteiger partial charge is 0.492 e. The highest BCUT2D eigenvalue weighted by molar-refractivity contribution is 5.21. The van der Waals surface area contributed by atoms with Crippen molar-refractivity contribution in [3.8, 4) is 5.75 Å². The average molecular weight is 238 g/mol. The highest BCUT2D eigenvalue weighted by Crippen LogP contribution is 2.16. The molecule has 0 aromatic carbocycles. The number of aromatic nitrogens is 1. The van der Waals surface area contributed by atoms with Crippen LogP contribution in [0.3, 0.4) is 0 Å². The van der Waals surface area contributed by atoms with E-state index >= 15 is 0 Å². The maximum absolute atomic E-state index is 5.72. The summed E-state index contributed by atoms with van der Waals surface area (Å²) in [6.45, 7) is 6.59. The monoisotopic (exact) mass is 238 g/mol. The first kappa shape index (κ1) is 13.9. The second-order valence-corrected chi connectivity index (χ2v) is 4.77. The van der Waals surface area contributed by atoms with Crippen molar-refractivity contribution in [2.75, 3.05) is 13.7 Å². The Morgan fingerprint density at radius 1 is 1.41 bits per heavy atom. The van der Waals surface area contributed by atoms with Gasteiger partial charge < -0.3 is 15.2 Å². The van der Waals surface area contributed by atoms with Gasteiger partial charge in [-0.1, -0.05) is 0 Å². The van der Waals surface area contributed by atoms with E-state index in [1.54, 1.807) is 13.3 Å². The molecule has 2 N–H and O–H groups in total. The third-order valence-electron chi connectivity index (χ3n) is 2.75. The second-order valence-electron chi connectivity index (χ2n) is 4.77. The van der Waals surface area contributed by atoms with Gasteiger partial charge in [0.1, 0.15) is 5.75 Å². The quantitative estimate of drug-likeness (QED) is 0.826. The van der Waals surface area contributed by atoms with Gasteiger partial charge in [0.05, 0.1) is 24.1 Å². The fourth-order valence-electron chi connectivity index (χ4n) is 1.26. The van der Waals surface area contributed by atoms with E-state index in [2.05, 4.69) is 4.98 Å². The van der Waals surface area contributed by atoms with Crippen LogP contribution in [-0.2, 0) is 4.74 Å². The molecule has 1 heterocycles. The van der Waals surface area contributed by atoms with Crippen molar-refractivity contribution in [1.29, 1.82) is 0 Å². The lowest BCUT2D eigenvalue weighted by atomic mass is 10.1. The zero-order valence-corrected chi connectivity index (χ0v) is 11.1. The highest BCUT2D eigenvalue weighted by atomic mass is 16.5. The van der Waals surface area contributed by atoms with Gasteiger partial charge in [0.15, 0.2) is 0 Å². The van der Waals surface area contributed by atoms with Crippen molar-refractivity contribution in [3.05, 3.63) is 24.0 Å². The van der Waals surface area contributed by atoms with E-state index in [1.165, 1.54) is 0 Å². The van der Waals surface area contributed by atoms with Gasteiger partial charge in [0.2, 0.25) is 0 Å². The molecule has 4 heteroatoms. The molecule has 0 radical (unpaired) electrons. The predicted octanol–water partition coefficient (Wildman–Crippen LogP) is 2.30. The van der Waals surface area contributed by atoms with E-state index < -0.39 is 0 Å². The molecule has 1 aromatic heterocycles. The Morgan fingerprint density at radius 2 is 2.12 bits per heavy atom. The third-order valence-corrected chi connectivity index (χ3v) is 2.75. The molecule has 1 atom stereocenters. The van der Waals surface area contributed by atoms with Crippen LogP contribution >= 0.6 is 0 Å². The smallest absolute Gasteiger partial charge is 0.137 e. The van der Waals surface area contributed by atoms with Crippen molar-refractivity contribution in [3.63, 3.8) is 0 Å². The van der Waals surface area contributed by atoms with Crippen LogP contribution in [0.1, 0.15) is 38.9 Å². The molecule has 0 unspecified atom stereocenters. The Labute approximate surface area is 103 Å². The molecule has 1 rings (SSSR count). The van der Waals surface area contributed by atoms with Gasteiger partial charge in [-0.05, 0) is 32.9 Å². The maximum Gasteiger partial charge on any atom is 0.137 e. The van der Waals surface area contributed by atoms with Gasteiger partial charge in [-0.2, -0.15) is 0 Å². The molecular formula is C13H22N2O2. The van der Waals surface area contributed by atoms with E-state index in [0.717, 1.165) is 17.9 Å². The molecule has 0 aliphatic rings. The van der Waals surface area contributed by atoms with Gasteiger partial charge in [0, 0.05) is 19.6 Å². The third kappa shape index (κ3) is 4.71. The standard InChI is InChI=1S/C13H22N2O2/c1-10(14)12-6-5-11(9-15-12)17-8-7-13(2,3)16-4/h5-6,9-10H,7-8,14H2,1-4H3/t10-/m1/s1. The number of methoxy groups -OCH3 is 1. The van der Waals surface area contributed by atoms with Crippen molar-refractivity contribution < 1.29 is 9.47 Å². The minimum Gasteiger partial charge on any atom is -0.492 e. The molecule has 96 valence electrons. The van der Waals surface area contributed by atoms with E-state index in [0.29, 0.717) is 6.61 Å². The molecule has 0 saturated carbocycles. The van der Waals surface area contributed by atoms with Crippen LogP contribution in [0.4, 0.5) is 0 Å². The summed E-state index contributed by atoms with van der Waals surface area (Å²) in [5, 5.41) is 0. The normalized spacial score (nSPS) is 13.5. The lowest BCUT2D eigenvalue weighted by Gasteiger charge is -2.22. The van der Waals surface area contributed by atoms with Crippen LogP contribution in [-0.4, -0.2) is 24.3 Å². The van der Waals surface area contributed by atoms with Crippen LogP contribution in [0.5, 0.6) is 5.75 Å². The minimum atomic E-state index is -0.154. The van der Waals surface area contributed by atoms with Gasteiger partial charge in [-0.15, -0.1) is 0 Å². The number of rotatable bonds is 6. The first-order valence-electron chi connectivity index (χ1n) is 5.84. The predicted molar refractivity (Wildman–Crippen MR) is 68.0 cm³/mol. The molecule has 4 nitrogen and oxygen atoms in total. The first-order chi connectivity index (χ1) is 7.94. The zero-order valence-electron chi connectivity index (χ0n) is 11.1. The number of hydrogen-bond acceptors (Lipinski definition) is 4. The number of nitrogens with two attached hydrogens (primary N) is 1. The molecule has 0 spiro atoms. The summed E-state index contributed by atoms with van der Waals surface area (Å²) in [5.41, 5.74) is 6.44. The number of pyridine rings is 1. The molecule has 0 bridgehead atoms. The summed E-state index contributed by atoms with van der Waals surface area (Å²) in [5.74, 6) is 0.765. The minimum absolute atomic E-state index is 0.0449. The zero-order chi connectivity index (χ0) is 12.9. The summed E-state index contributed by atoms with van der Waals surface area (Å²) in [6, 6.07) is 3.74. The molecule has 0 fully saturated rings. The molecular weight excluding hydrogens is 216 g/mol. The Kier molecular flexibility index (Phi) is 4.90. The van der Waals surface area contributed by atoms with Gasteiger partial charge in [0.25, 0.3) is 0 Å². The van der Waals surface area contributed by atoms with Crippen LogP contribution in [0, 0.1) is 0 Å². The molecule has 0 aliphatic heterocycles. The van der Waals surface area contributed by atoms with Gasteiger partial charge in [-0.25, -0.2) is 0 Å². The van der Waals surface area contributed by atoms with Crippen LogP contribution in [0.15, 0.2) is 18.3 Å². The number of ether oxygens (including phenoxy) is 2. The highest BCUT2D eigenvalue weighted by Gasteiger charge is 2.15. The fraction of sp³-hybridized carbons (Fsp3) is 0.615. The molecule has 0 saturated heterocycles. The van der Waals surface area contributed by atoms with Crippen molar-refractivity contribution in [2.24, 2.45) is 5.73 Å². The molecule has 0 aliphatic carbocycles. The summed E-state index contributed by atoms with van der Waals surface area (Å²) >= 11 is 0. The van der Waals surface area contributed by atoms with Crippen molar-refractivity contribution in [2.45, 2.75) is 38.8 Å². The molecule has 0 amide bonds. The lowest BCUT2D eigenvalue weighted by molar-refractivity contribution is 0.00542. The number of hydrogen-bond donors (Lipinski definition) is 1. The molecule has 1 aromatic rings. The van der Waals surface area contributed by atoms with Crippen molar-refractivity contribution >= 4 is 0 Å². The summed E-state index contributed by atoms with van der Waals surface area (Å²) in [7, 11) is 1.71. The van der Waals surface area contributed by atoms with Crippen LogP contribution in [0.2, 0.25) is 0 Å². The van der Waals surface area contributed by atoms with E-state index in [-0.39, 0.29) is 11.6 Å².